The Morgan fingerprint density at radius 3 is 2.56 bits per heavy atom. The first kappa shape index (κ1) is 14.6. The molecule has 1 amide bonds. The Labute approximate surface area is 107 Å². The molecule has 0 heterocycles. The van der Waals surface area contributed by atoms with Crippen LogP contribution in [0.5, 0.6) is 0 Å². The van der Waals surface area contributed by atoms with E-state index in [1.807, 2.05) is 0 Å². The van der Waals surface area contributed by atoms with Gasteiger partial charge in [-0.15, -0.1) is 0 Å². The zero-order valence-electron chi connectivity index (χ0n) is 9.71. The smallest absolute Gasteiger partial charge is 0.416 e. The normalized spacial score (nSPS) is 11.2. The summed E-state index contributed by atoms with van der Waals surface area (Å²) in [4.78, 5) is 12.4. The third kappa shape index (κ3) is 3.29. The molecule has 0 aromatic heterocycles. The molecule has 0 saturated heterocycles. The Morgan fingerprint density at radius 1 is 1.44 bits per heavy atom. The van der Waals surface area contributed by atoms with Crippen molar-refractivity contribution < 1.29 is 22.7 Å². The maximum Gasteiger partial charge on any atom is 0.416 e. The number of halogens is 4. The van der Waals surface area contributed by atoms with E-state index in [4.69, 9.17) is 11.6 Å². The molecule has 1 rings (SSSR count). The van der Waals surface area contributed by atoms with Gasteiger partial charge in [0.25, 0.3) is 0 Å². The van der Waals surface area contributed by atoms with Gasteiger partial charge >= 0.3 is 12.3 Å². The molecule has 0 unspecified atom stereocenters. The molecule has 0 radical (unpaired) electrons. The summed E-state index contributed by atoms with van der Waals surface area (Å²) in [5.41, 5.74) is -0.928. The minimum absolute atomic E-state index is 0.0403. The molecule has 0 bridgehead atoms. The lowest BCUT2D eigenvalue weighted by molar-refractivity contribution is -0.137. The van der Waals surface area contributed by atoms with Crippen LogP contribution in [0.2, 0.25) is 5.02 Å². The molecule has 0 aliphatic carbocycles. The van der Waals surface area contributed by atoms with Crippen molar-refractivity contribution in [3.8, 4) is 0 Å². The Morgan fingerprint density at radius 2 is 2.06 bits per heavy atom. The van der Waals surface area contributed by atoms with Gasteiger partial charge in [0.2, 0.25) is 0 Å². The van der Waals surface area contributed by atoms with Crippen LogP contribution < -0.4 is 4.90 Å². The van der Waals surface area contributed by atoms with Gasteiger partial charge in [-0.3, -0.25) is 4.90 Å². The molecule has 18 heavy (non-hydrogen) atoms. The maximum absolute atomic E-state index is 12.5. The Hall–Kier alpha value is -1.43. The second kappa shape index (κ2) is 5.48. The van der Waals surface area contributed by atoms with Crippen molar-refractivity contribution in [2.24, 2.45) is 0 Å². The molecule has 0 aliphatic rings. The summed E-state index contributed by atoms with van der Waals surface area (Å²) in [5.74, 6) is 0. The summed E-state index contributed by atoms with van der Waals surface area (Å²) in [6.45, 7) is 1.72. The predicted molar refractivity (Wildman–Crippen MR) is 61.9 cm³/mol. The van der Waals surface area contributed by atoms with Crippen molar-refractivity contribution in [3.63, 3.8) is 0 Å². The highest BCUT2D eigenvalue weighted by molar-refractivity contribution is 6.33. The molecule has 3 nitrogen and oxygen atoms in total. The molecule has 0 N–H and O–H groups in total. The fourth-order valence-electron chi connectivity index (χ4n) is 1.26. The molecule has 0 spiro atoms. The number of anilines is 1. The van der Waals surface area contributed by atoms with Gasteiger partial charge in [-0.25, -0.2) is 4.79 Å². The lowest BCUT2D eigenvalue weighted by Gasteiger charge is -2.19. The summed E-state index contributed by atoms with van der Waals surface area (Å²) in [6.07, 6.45) is -5.26. The largest absolute Gasteiger partial charge is 0.449 e. The average Bonchev–Trinajstić information content (AvgIpc) is 2.27. The topological polar surface area (TPSA) is 29.5 Å². The second-order valence-corrected chi connectivity index (χ2v) is 3.83. The Bertz CT molecular complexity index is 448. The zero-order chi connectivity index (χ0) is 13.9. The highest BCUT2D eigenvalue weighted by Crippen LogP contribution is 2.35. The van der Waals surface area contributed by atoms with Gasteiger partial charge in [-0.1, -0.05) is 11.6 Å². The monoisotopic (exact) mass is 281 g/mol. The highest BCUT2D eigenvalue weighted by Gasteiger charge is 2.31. The number of rotatable bonds is 2. The van der Waals surface area contributed by atoms with Crippen molar-refractivity contribution in [1.29, 1.82) is 0 Å². The van der Waals surface area contributed by atoms with E-state index < -0.39 is 17.8 Å². The summed E-state index contributed by atoms with van der Waals surface area (Å²) in [7, 11) is 1.29. The number of hydrogen-bond acceptors (Lipinski definition) is 2. The van der Waals surface area contributed by atoms with Crippen molar-refractivity contribution in [3.05, 3.63) is 28.8 Å². The van der Waals surface area contributed by atoms with Crippen LogP contribution in [-0.2, 0) is 10.9 Å². The average molecular weight is 282 g/mol. The van der Waals surface area contributed by atoms with Crippen LogP contribution >= 0.6 is 11.6 Å². The third-order valence-electron chi connectivity index (χ3n) is 2.18. The lowest BCUT2D eigenvalue weighted by atomic mass is 10.2. The number of alkyl halides is 3. The van der Waals surface area contributed by atoms with E-state index in [2.05, 4.69) is 4.74 Å². The van der Waals surface area contributed by atoms with Gasteiger partial charge < -0.3 is 4.74 Å². The molecule has 0 saturated carbocycles. The first-order valence-electron chi connectivity index (χ1n) is 5.04. The van der Waals surface area contributed by atoms with E-state index in [1.165, 1.54) is 7.05 Å². The maximum atomic E-state index is 12.5. The minimum Gasteiger partial charge on any atom is -0.449 e. The quantitative estimate of drug-likeness (QED) is 0.821. The summed E-state index contributed by atoms with van der Waals surface area (Å²) in [6, 6.07) is 2.75. The standard InChI is InChI=1S/C11H11ClF3NO2/c1-3-18-10(17)16(2)9-6-7(11(13,14)15)4-5-8(9)12/h4-6H,3H2,1-2H3. The SMILES string of the molecule is CCOC(=O)N(C)c1cc(C(F)(F)F)ccc1Cl. The van der Waals surface area contributed by atoms with Crippen LogP contribution in [0.4, 0.5) is 23.7 Å². The number of carbonyl (C=O) groups excluding carboxylic acids is 1. The van der Waals surface area contributed by atoms with Gasteiger partial charge in [0.1, 0.15) is 0 Å². The minimum atomic E-state index is -4.49. The van der Waals surface area contributed by atoms with Crippen molar-refractivity contribution >= 4 is 23.4 Å². The van der Waals surface area contributed by atoms with Gasteiger partial charge in [0.05, 0.1) is 22.9 Å². The molecular weight excluding hydrogens is 271 g/mol. The zero-order valence-corrected chi connectivity index (χ0v) is 10.5. The molecule has 7 heteroatoms. The Balaban J connectivity index is 3.12. The summed E-state index contributed by atoms with van der Waals surface area (Å²) >= 11 is 5.77. The number of carbonyl (C=O) groups is 1. The van der Waals surface area contributed by atoms with E-state index in [-0.39, 0.29) is 17.3 Å². The predicted octanol–water partition coefficient (Wildman–Crippen LogP) is 3.95. The van der Waals surface area contributed by atoms with E-state index in [0.29, 0.717) is 0 Å². The fourth-order valence-corrected chi connectivity index (χ4v) is 1.51. The van der Waals surface area contributed by atoms with Gasteiger partial charge in [-0.05, 0) is 25.1 Å². The number of hydrogen-bond donors (Lipinski definition) is 0. The molecule has 0 atom stereocenters. The van der Waals surface area contributed by atoms with Crippen LogP contribution in [0.1, 0.15) is 12.5 Å². The van der Waals surface area contributed by atoms with Crippen LogP contribution in [0.25, 0.3) is 0 Å². The lowest BCUT2D eigenvalue weighted by Crippen LogP contribution is -2.27. The molecule has 1 aromatic rings. The first-order chi connectivity index (χ1) is 8.27. The summed E-state index contributed by atoms with van der Waals surface area (Å²) < 4.78 is 42.3. The van der Waals surface area contributed by atoms with Crippen molar-refractivity contribution in [2.45, 2.75) is 13.1 Å². The fraction of sp³-hybridized carbons (Fsp3) is 0.364. The molecule has 100 valence electrons. The number of amides is 1. The van der Waals surface area contributed by atoms with Crippen LogP contribution in [0, 0.1) is 0 Å². The van der Waals surface area contributed by atoms with Crippen molar-refractivity contribution in [1.82, 2.24) is 0 Å². The first-order valence-corrected chi connectivity index (χ1v) is 5.42. The number of benzene rings is 1. The van der Waals surface area contributed by atoms with E-state index in [1.54, 1.807) is 6.92 Å². The second-order valence-electron chi connectivity index (χ2n) is 3.42. The Kier molecular flexibility index (Phi) is 4.45. The number of nitrogens with zero attached hydrogens (tertiary/aromatic N) is 1. The molecule has 0 fully saturated rings. The van der Waals surface area contributed by atoms with Crippen LogP contribution in [0.3, 0.4) is 0 Å². The van der Waals surface area contributed by atoms with Crippen molar-refractivity contribution in [2.75, 3.05) is 18.6 Å². The van der Waals surface area contributed by atoms with E-state index in [9.17, 15) is 18.0 Å². The molecular formula is C11H11ClF3NO2. The third-order valence-corrected chi connectivity index (χ3v) is 2.50. The summed E-state index contributed by atoms with van der Waals surface area (Å²) in [5, 5.41) is 0.0403. The molecule has 1 aromatic carbocycles. The number of ether oxygens (including phenoxy) is 1. The van der Waals surface area contributed by atoms with E-state index in [0.717, 1.165) is 23.1 Å². The highest BCUT2D eigenvalue weighted by atomic mass is 35.5. The van der Waals surface area contributed by atoms with Gasteiger partial charge in [0, 0.05) is 7.05 Å². The molecule has 0 aliphatic heterocycles. The van der Waals surface area contributed by atoms with Gasteiger partial charge in [0.15, 0.2) is 0 Å². The van der Waals surface area contributed by atoms with Crippen LogP contribution in [-0.4, -0.2) is 19.7 Å². The van der Waals surface area contributed by atoms with Gasteiger partial charge in [-0.2, -0.15) is 13.2 Å². The van der Waals surface area contributed by atoms with E-state index >= 15 is 0 Å². The van der Waals surface area contributed by atoms with Crippen LogP contribution in [0.15, 0.2) is 18.2 Å².